The number of carbonyl (C=O) groups excluding carboxylic acids is 1. The number of pyridine rings is 1. The van der Waals surface area contributed by atoms with Crippen LogP contribution in [0.1, 0.15) is 47.3 Å². The number of aromatic carboxylic acids is 1. The molecule has 7 nitrogen and oxygen atoms in total. The number of aromatic nitrogens is 1. The molecular weight excluding hydrogens is 288 g/mol. The van der Waals surface area contributed by atoms with Crippen molar-refractivity contribution in [3.05, 3.63) is 33.2 Å². The average molecular weight is 306 g/mol. The number of hydrogen-bond donors (Lipinski definition) is 2. The lowest BCUT2D eigenvalue weighted by atomic mass is 10.0. The smallest absolute Gasteiger partial charge is 0.410 e. The van der Waals surface area contributed by atoms with Gasteiger partial charge in [0.25, 0.3) is 5.56 Å². The summed E-state index contributed by atoms with van der Waals surface area (Å²) >= 11 is 0. The largest absolute Gasteiger partial charge is 0.477 e. The monoisotopic (exact) mass is 306 g/mol. The van der Waals surface area contributed by atoms with E-state index >= 15 is 0 Å². The van der Waals surface area contributed by atoms with E-state index in [9.17, 15) is 14.4 Å². The molecule has 1 aromatic rings. The summed E-state index contributed by atoms with van der Waals surface area (Å²) in [6.07, 6.45) is 4.12. The normalized spacial score (nSPS) is 18.1. The maximum Gasteiger partial charge on any atom is 0.410 e. The van der Waals surface area contributed by atoms with Gasteiger partial charge in [0.2, 0.25) is 0 Å². The van der Waals surface area contributed by atoms with Crippen LogP contribution in [0.5, 0.6) is 0 Å². The molecule has 2 aliphatic rings. The fraction of sp³-hybridized carbons (Fsp3) is 0.533. The van der Waals surface area contributed by atoms with Gasteiger partial charge in [0.15, 0.2) is 0 Å². The number of rotatable bonds is 2. The van der Waals surface area contributed by atoms with Gasteiger partial charge >= 0.3 is 12.1 Å². The second kappa shape index (κ2) is 5.82. The van der Waals surface area contributed by atoms with Crippen LogP contribution < -0.4 is 5.56 Å². The van der Waals surface area contributed by atoms with Crippen molar-refractivity contribution >= 4 is 12.1 Å². The fourth-order valence-electron chi connectivity index (χ4n) is 3.05. The lowest BCUT2D eigenvalue weighted by molar-refractivity contribution is 0.0616. The van der Waals surface area contributed by atoms with Gasteiger partial charge in [-0.3, -0.25) is 4.79 Å². The number of H-pyrrole nitrogens is 1. The van der Waals surface area contributed by atoms with Crippen molar-refractivity contribution in [2.24, 2.45) is 0 Å². The Balaban J connectivity index is 1.75. The molecule has 0 radical (unpaired) electrons. The van der Waals surface area contributed by atoms with E-state index in [2.05, 4.69) is 4.98 Å². The zero-order chi connectivity index (χ0) is 15.7. The van der Waals surface area contributed by atoms with E-state index in [-0.39, 0.29) is 24.3 Å². The van der Waals surface area contributed by atoms with Crippen molar-refractivity contribution in [1.82, 2.24) is 9.88 Å². The van der Waals surface area contributed by atoms with Crippen LogP contribution in [0.3, 0.4) is 0 Å². The molecule has 0 aromatic carbocycles. The fourth-order valence-corrected chi connectivity index (χ4v) is 3.05. The quantitative estimate of drug-likeness (QED) is 0.862. The van der Waals surface area contributed by atoms with Crippen LogP contribution in [0.25, 0.3) is 0 Å². The molecule has 0 bridgehead atoms. The van der Waals surface area contributed by atoms with E-state index in [1.807, 2.05) is 0 Å². The van der Waals surface area contributed by atoms with Gasteiger partial charge in [-0.25, -0.2) is 9.59 Å². The first kappa shape index (κ1) is 14.6. The first-order valence-electron chi connectivity index (χ1n) is 7.48. The molecule has 1 aromatic heterocycles. The van der Waals surface area contributed by atoms with Gasteiger partial charge in [0.05, 0.1) is 6.54 Å². The van der Waals surface area contributed by atoms with Crippen molar-refractivity contribution in [1.29, 1.82) is 0 Å². The summed E-state index contributed by atoms with van der Waals surface area (Å²) in [7, 11) is 0. The molecule has 0 atom stereocenters. The number of amides is 1. The first-order chi connectivity index (χ1) is 10.5. The molecule has 2 N–H and O–H groups in total. The Morgan fingerprint density at radius 3 is 2.73 bits per heavy atom. The third-order valence-electron chi connectivity index (χ3n) is 4.27. The first-order valence-corrected chi connectivity index (χ1v) is 7.48. The Morgan fingerprint density at radius 2 is 2.05 bits per heavy atom. The van der Waals surface area contributed by atoms with Gasteiger partial charge in [-0.2, -0.15) is 0 Å². The number of carboxylic acids is 1. The minimum atomic E-state index is -1.27. The molecule has 118 valence electrons. The Kier molecular flexibility index (Phi) is 3.87. The maximum atomic E-state index is 12.2. The van der Waals surface area contributed by atoms with Crippen LogP contribution in [0, 0.1) is 0 Å². The third kappa shape index (κ3) is 2.84. The molecule has 1 amide bonds. The highest BCUT2D eigenvalue weighted by Gasteiger charge is 2.27. The summed E-state index contributed by atoms with van der Waals surface area (Å²) in [6.45, 7) is 0.721. The van der Waals surface area contributed by atoms with Gasteiger partial charge in [-0.15, -0.1) is 0 Å². The number of nitrogens with one attached hydrogen (secondary N) is 1. The highest BCUT2D eigenvalue weighted by Crippen LogP contribution is 2.23. The van der Waals surface area contributed by atoms with Crippen LogP contribution in [0.2, 0.25) is 0 Å². The molecule has 7 heteroatoms. The van der Waals surface area contributed by atoms with E-state index in [4.69, 9.17) is 9.84 Å². The molecule has 1 aliphatic heterocycles. The van der Waals surface area contributed by atoms with E-state index in [1.54, 1.807) is 4.90 Å². The van der Waals surface area contributed by atoms with E-state index in [1.165, 1.54) is 6.07 Å². The molecule has 0 unspecified atom stereocenters. The van der Waals surface area contributed by atoms with Gasteiger partial charge in [0.1, 0.15) is 11.7 Å². The molecule has 3 rings (SSSR count). The molecule has 1 aliphatic carbocycles. The number of carboxylic acid groups (broad SMARTS) is 1. The number of aromatic amines is 1. The lowest BCUT2D eigenvalue weighted by Gasteiger charge is -2.29. The Hall–Kier alpha value is -2.31. The minimum Gasteiger partial charge on any atom is -0.477 e. The van der Waals surface area contributed by atoms with E-state index in [0.29, 0.717) is 24.2 Å². The zero-order valence-electron chi connectivity index (χ0n) is 12.1. The number of fused-ring (bicyclic) bond motifs is 1. The predicted octanol–water partition coefficient (Wildman–Crippen LogP) is 1.51. The minimum absolute atomic E-state index is 0.000872. The van der Waals surface area contributed by atoms with Gasteiger partial charge in [-0.05, 0) is 37.3 Å². The predicted molar refractivity (Wildman–Crippen MR) is 76.9 cm³/mol. The second-order valence-electron chi connectivity index (χ2n) is 5.78. The molecule has 0 saturated heterocycles. The summed E-state index contributed by atoms with van der Waals surface area (Å²) in [6, 6.07) is 1.35. The van der Waals surface area contributed by atoms with E-state index in [0.717, 1.165) is 25.7 Å². The Bertz CT molecular complexity index is 660. The zero-order valence-corrected chi connectivity index (χ0v) is 12.1. The Labute approximate surface area is 126 Å². The SMILES string of the molecule is O=C(O)c1cc2c([nH]c1=O)CCN(C(=O)OC1CCCC1)C2. The second-order valence-corrected chi connectivity index (χ2v) is 5.78. The van der Waals surface area contributed by atoms with Crippen LogP contribution >= 0.6 is 0 Å². The molecule has 1 fully saturated rings. The Morgan fingerprint density at radius 1 is 1.32 bits per heavy atom. The van der Waals surface area contributed by atoms with Crippen molar-refractivity contribution in [2.75, 3.05) is 6.54 Å². The average Bonchev–Trinajstić information content (AvgIpc) is 2.98. The van der Waals surface area contributed by atoms with Gasteiger partial charge in [-0.1, -0.05) is 0 Å². The summed E-state index contributed by atoms with van der Waals surface area (Å²) < 4.78 is 5.47. The van der Waals surface area contributed by atoms with Crippen LogP contribution in [0.4, 0.5) is 4.79 Å². The highest BCUT2D eigenvalue weighted by molar-refractivity contribution is 5.87. The number of hydrogen-bond acceptors (Lipinski definition) is 4. The third-order valence-corrected chi connectivity index (χ3v) is 4.27. The molecular formula is C15H18N2O5. The number of nitrogens with zero attached hydrogens (tertiary/aromatic N) is 1. The van der Waals surface area contributed by atoms with Crippen molar-refractivity contribution in [3.63, 3.8) is 0 Å². The summed E-state index contributed by atoms with van der Waals surface area (Å²) in [5.74, 6) is -1.27. The molecule has 22 heavy (non-hydrogen) atoms. The van der Waals surface area contributed by atoms with Gasteiger partial charge < -0.3 is 19.7 Å². The standard InChI is InChI=1S/C15H18N2O5/c18-13-11(14(19)20)7-9-8-17(6-5-12(9)16-13)15(21)22-10-3-1-2-4-10/h7,10H,1-6,8H2,(H,16,18)(H,19,20). The van der Waals surface area contributed by atoms with Crippen molar-refractivity contribution in [2.45, 2.75) is 44.8 Å². The van der Waals surface area contributed by atoms with Crippen LogP contribution in [-0.4, -0.2) is 39.7 Å². The lowest BCUT2D eigenvalue weighted by Crippen LogP contribution is -2.39. The van der Waals surface area contributed by atoms with E-state index < -0.39 is 11.5 Å². The van der Waals surface area contributed by atoms with Gasteiger partial charge in [0, 0.05) is 18.7 Å². The maximum absolute atomic E-state index is 12.2. The topological polar surface area (TPSA) is 99.7 Å². The summed E-state index contributed by atoms with van der Waals surface area (Å²) in [4.78, 5) is 39.0. The molecule has 1 saturated carbocycles. The van der Waals surface area contributed by atoms with Crippen LogP contribution in [0.15, 0.2) is 10.9 Å². The number of ether oxygens (including phenoxy) is 1. The van der Waals surface area contributed by atoms with Crippen molar-refractivity contribution in [3.8, 4) is 0 Å². The summed E-state index contributed by atoms with van der Waals surface area (Å²) in [5, 5.41) is 9.01. The highest BCUT2D eigenvalue weighted by atomic mass is 16.6. The van der Waals surface area contributed by atoms with Crippen molar-refractivity contribution < 1.29 is 19.4 Å². The van der Waals surface area contributed by atoms with Crippen LogP contribution in [-0.2, 0) is 17.7 Å². The molecule has 2 heterocycles. The molecule has 0 spiro atoms. The summed E-state index contributed by atoms with van der Waals surface area (Å²) in [5.41, 5.74) is 0.449. The number of carbonyl (C=O) groups is 2.